The number of nitrogens with zero attached hydrogens (tertiary/aromatic N) is 3. The molecule has 7 nitrogen and oxygen atoms in total. The molecule has 0 aromatic carbocycles. The quantitative estimate of drug-likeness (QED) is 0.583. The van der Waals surface area contributed by atoms with E-state index in [1.807, 2.05) is 4.90 Å². The topological polar surface area (TPSA) is 82.4 Å². The Hall–Kier alpha value is -1.80. The Kier molecular flexibility index (Phi) is 6.03. The van der Waals surface area contributed by atoms with Crippen molar-refractivity contribution in [2.24, 2.45) is 5.10 Å². The van der Waals surface area contributed by atoms with Crippen LogP contribution in [0.5, 0.6) is 0 Å². The summed E-state index contributed by atoms with van der Waals surface area (Å²) < 4.78 is 5.40. The monoisotopic (exact) mass is 379 g/mol. The number of ether oxygens (including phenoxy) is 1. The Morgan fingerprint density at radius 1 is 1.27 bits per heavy atom. The van der Waals surface area contributed by atoms with Crippen LogP contribution in [0.4, 0.5) is 0 Å². The molecule has 0 spiro atoms. The minimum Gasteiger partial charge on any atom is -0.478 e. The summed E-state index contributed by atoms with van der Waals surface area (Å²) in [5.74, 6) is -1.06. The van der Waals surface area contributed by atoms with Crippen LogP contribution < -0.4 is 0 Å². The number of hydrogen-bond donors (Lipinski definition) is 1. The van der Waals surface area contributed by atoms with Crippen LogP contribution in [0.1, 0.15) is 51.4 Å². The van der Waals surface area contributed by atoms with Crippen molar-refractivity contribution in [2.45, 2.75) is 63.5 Å². The molecule has 1 heterocycles. The number of amides is 1. The molecule has 0 atom stereocenters. The average molecular weight is 379 g/mol. The van der Waals surface area contributed by atoms with Gasteiger partial charge in [0.05, 0.1) is 12.3 Å². The maximum atomic E-state index is 12.4. The number of carboxylic acids is 1. The smallest absolute Gasteiger partial charge is 0.331 e. The van der Waals surface area contributed by atoms with E-state index in [-0.39, 0.29) is 18.5 Å². The number of carboxylic acid groups (broad SMARTS) is 1. The molecule has 0 unspecified atom stereocenters. The van der Waals surface area contributed by atoms with E-state index in [0.717, 1.165) is 38.5 Å². The van der Waals surface area contributed by atoms with Gasteiger partial charge in [0.15, 0.2) is 0 Å². The van der Waals surface area contributed by atoms with E-state index in [4.69, 9.17) is 17.0 Å². The predicted octanol–water partition coefficient (Wildman–Crippen LogP) is 2.31. The van der Waals surface area contributed by atoms with Crippen molar-refractivity contribution >= 4 is 35.4 Å². The second-order valence-electron chi connectivity index (χ2n) is 7.04. The van der Waals surface area contributed by atoms with Crippen LogP contribution in [0, 0.1) is 0 Å². The molecule has 0 bridgehead atoms. The highest BCUT2D eigenvalue weighted by Gasteiger charge is 2.38. The lowest BCUT2D eigenvalue weighted by Gasteiger charge is -2.34. The van der Waals surface area contributed by atoms with Gasteiger partial charge in [0.25, 0.3) is 5.91 Å². The van der Waals surface area contributed by atoms with Crippen molar-refractivity contribution in [2.75, 3.05) is 13.7 Å². The lowest BCUT2D eigenvalue weighted by atomic mass is 9.92. The Morgan fingerprint density at radius 3 is 2.62 bits per heavy atom. The van der Waals surface area contributed by atoms with Gasteiger partial charge in [0, 0.05) is 18.7 Å². The molecule has 0 aromatic heterocycles. The first-order valence-corrected chi connectivity index (χ1v) is 9.57. The van der Waals surface area contributed by atoms with E-state index < -0.39 is 5.97 Å². The van der Waals surface area contributed by atoms with Gasteiger partial charge in [0.1, 0.15) is 6.54 Å². The molecule has 142 valence electrons. The fraction of sp³-hybridized carbons (Fsp3) is 0.667. The predicted molar refractivity (Wildman–Crippen MR) is 101 cm³/mol. The molecular weight excluding hydrogens is 354 g/mol. The number of methoxy groups -OCH3 is 1. The van der Waals surface area contributed by atoms with Crippen LogP contribution in [-0.4, -0.2) is 64.0 Å². The zero-order valence-corrected chi connectivity index (χ0v) is 15.8. The summed E-state index contributed by atoms with van der Waals surface area (Å²) in [4.78, 5) is 25.7. The van der Waals surface area contributed by atoms with Crippen molar-refractivity contribution < 1.29 is 19.4 Å². The Bertz CT molecular complexity index is 653. The molecule has 0 aromatic rings. The van der Waals surface area contributed by atoms with Crippen LogP contribution in [-0.2, 0) is 14.3 Å². The highest BCUT2D eigenvalue weighted by molar-refractivity contribution is 7.80. The standard InChI is InChI=1S/C18H25N3O4S/c1-25-14-8-6-13(7-9-14)20-11-16(22)21(18(20)26)19-10-12-4-2-3-5-15(12)17(23)24/h10,13-14H,2-9,11H2,1H3,(H,23,24)/b19-10+. The third-order valence-corrected chi connectivity index (χ3v) is 5.89. The Labute approximate surface area is 158 Å². The first-order valence-electron chi connectivity index (χ1n) is 9.17. The van der Waals surface area contributed by atoms with Gasteiger partial charge < -0.3 is 14.7 Å². The summed E-state index contributed by atoms with van der Waals surface area (Å²) in [6.45, 7) is 0.239. The van der Waals surface area contributed by atoms with Crippen molar-refractivity contribution in [1.82, 2.24) is 9.91 Å². The Balaban J connectivity index is 1.68. The van der Waals surface area contributed by atoms with Crippen molar-refractivity contribution in [3.63, 3.8) is 0 Å². The van der Waals surface area contributed by atoms with Crippen LogP contribution in [0.25, 0.3) is 0 Å². The molecule has 1 saturated heterocycles. The number of allylic oxidation sites excluding steroid dienone is 1. The minimum atomic E-state index is -0.905. The Morgan fingerprint density at radius 2 is 1.96 bits per heavy atom. The second kappa shape index (κ2) is 8.26. The van der Waals surface area contributed by atoms with Gasteiger partial charge in [-0.05, 0) is 69.2 Å². The zero-order chi connectivity index (χ0) is 18.7. The molecule has 2 aliphatic carbocycles. The summed E-state index contributed by atoms with van der Waals surface area (Å²) in [5, 5.41) is 15.2. The van der Waals surface area contributed by atoms with Gasteiger partial charge in [-0.15, -0.1) is 0 Å². The van der Waals surface area contributed by atoms with Gasteiger partial charge >= 0.3 is 5.97 Å². The van der Waals surface area contributed by atoms with E-state index in [9.17, 15) is 14.7 Å². The van der Waals surface area contributed by atoms with Crippen molar-refractivity contribution in [1.29, 1.82) is 0 Å². The van der Waals surface area contributed by atoms with Crippen LogP contribution >= 0.6 is 12.2 Å². The highest BCUT2D eigenvalue weighted by atomic mass is 32.1. The summed E-state index contributed by atoms with van der Waals surface area (Å²) in [7, 11) is 1.73. The maximum Gasteiger partial charge on any atom is 0.331 e. The van der Waals surface area contributed by atoms with Crippen LogP contribution in [0.3, 0.4) is 0 Å². The summed E-state index contributed by atoms with van der Waals surface area (Å²) in [5.41, 5.74) is 1.09. The van der Waals surface area contributed by atoms with E-state index in [1.165, 1.54) is 11.2 Å². The average Bonchev–Trinajstić information content (AvgIpc) is 2.94. The minimum absolute atomic E-state index is 0.159. The maximum absolute atomic E-state index is 12.4. The number of hydrazone groups is 1. The lowest BCUT2D eigenvalue weighted by molar-refractivity contribution is -0.133. The van der Waals surface area contributed by atoms with Crippen molar-refractivity contribution in [3.05, 3.63) is 11.1 Å². The summed E-state index contributed by atoms with van der Waals surface area (Å²) in [6, 6.07) is 0.238. The molecular formula is C18H25N3O4S. The number of carbonyl (C=O) groups excluding carboxylic acids is 1. The SMILES string of the molecule is COC1CCC(N2CC(=O)N(/N=C/C3=C(C(=O)O)CCCC3)C2=S)CC1. The number of carbonyl (C=O) groups is 2. The van der Waals surface area contributed by atoms with E-state index in [2.05, 4.69) is 5.10 Å². The number of thiocarbonyl (C=S) groups is 1. The van der Waals surface area contributed by atoms with Gasteiger partial charge in [-0.25, -0.2) is 4.79 Å². The van der Waals surface area contributed by atoms with Gasteiger partial charge in [-0.1, -0.05) is 0 Å². The van der Waals surface area contributed by atoms with Gasteiger partial charge in [0.2, 0.25) is 5.11 Å². The molecule has 1 aliphatic heterocycles. The molecule has 1 amide bonds. The second-order valence-corrected chi connectivity index (χ2v) is 7.41. The normalized spacial score (nSPS) is 27.7. The van der Waals surface area contributed by atoms with Crippen molar-refractivity contribution in [3.8, 4) is 0 Å². The fourth-order valence-electron chi connectivity index (χ4n) is 3.94. The van der Waals surface area contributed by atoms with E-state index in [0.29, 0.717) is 35.2 Å². The number of aliphatic carboxylic acids is 1. The highest BCUT2D eigenvalue weighted by Crippen LogP contribution is 2.28. The summed E-state index contributed by atoms with van der Waals surface area (Å²) >= 11 is 5.48. The number of hydrogen-bond acceptors (Lipinski definition) is 5. The molecule has 3 aliphatic rings. The van der Waals surface area contributed by atoms with E-state index in [1.54, 1.807) is 7.11 Å². The molecule has 8 heteroatoms. The van der Waals surface area contributed by atoms with Gasteiger partial charge in [-0.3, -0.25) is 4.79 Å². The molecule has 26 heavy (non-hydrogen) atoms. The molecule has 1 saturated carbocycles. The third kappa shape index (κ3) is 3.96. The first-order chi connectivity index (χ1) is 12.5. The summed E-state index contributed by atoms with van der Waals surface area (Å²) in [6.07, 6.45) is 8.64. The molecule has 3 rings (SSSR count). The molecule has 2 fully saturated rings. The molecule has 1 N–H and O–H groups in total. The van der Waals surface area contributed by atoms with Crippen LogP contribution in [0.2, 0.25) is 0 Å². The van der Waals surface area contributed by atoms with Crippen LogP contribution in [0.15, 0.2) is 16.2 Å². The number of rotatable bonds is 5. The molecule has 0 radical (unpaired) electrons. The zero-order valence-electron chi connectivity index (χ0n) is 15.0. The largest absolute Gasteiger partial charge is 0.478 e. The third-order valence-electron chi connectivity index (χ3n) is 5.48. The fourth-order valence-corrected chi connectivity index (χ4v) is 4.31. The van der Waals surface area contributed by atoms with Gasteiger partial charge in [-0.2, -0.15) is 10.1 Å². The van der Waals surface area contributed by atoms with E-state index >= 15 is 0 Å². The first kappa shape index (κ1) is 19.0. The lowest BCUT2D eigenvalue weighted by Crippen LogP contribution is -2.41.